The van der Waals surface area contributed by atoms with E-state index in [0.717, 1.165) is 10.1 Å². The summed E-state index contributed by atoms with van der Waals surface area (Å²) in [6, 6.07) is 0. The van der Waals surface area contributed by atoms with Crippen LogP contribution in [-0.2, 0) is 9.53 Å². The number of esters is 1. The van der Waals surface area contributed by atoms with Crippen molar-refractivity contribution in [2.45, 2.75) is 23.2 Å². The summed E-state index contributed by atoms with van der Waals surface area (Å²) in [4.78, 5) is 15.7. The lowest BCUT2D eigenvalue weighted by Crippen LogP contribution is -2.48. The lowest BCUT2D eigenvalue weighted by molar-refractivity contribution is -0.147. The van der Waals surface area contributed by atoms with Gasteiger partial charge in [0.1, 0.15) is 9.88 Å². The van der Waals surface area contributed by atoms with Crippen LogP contribution in [0.4, 0.5) is 0 Å². The summed E-state index contributed by atoms with van der Waals surface area (Å²) in [5.41, 5.74) is -0.612. The van der Waals surface area contributed by atoms with E-state index in [0.29, 0.717) is 6.42 Å². The molecule has 0 aliphatic rings. The molecule has 0 amide bonds. The van der Waals surface area contributed by atoms with Crippen molar-refractivity contribution in [2.75, 3.05) is 19.9 Å². The number of thiazole rings is 1. The topological polar surface area (TPSA) is 51.2 Å². The Bertz CT molecular complexity index is 330. The minimum Gasteiger partial charge on any atom is -0.468 e. The smallest absolute Gasteiger partial charge is 0.325 e. The number of likely N-dealkylation sites (N-methyl/N-ethyl adjacent to an activating group) is 1. The summed E-state index contributed by atoms with van der Waals surface area (Å²) in [6.07, 6.45) is 2.49. The zero-order valence-electron chi connectivity index (χ0n) is 9.65. The number of hydrogen-bond donors (Lipinski definition) is 1. The first-order valence-electron chi connectivity index (χ1n) is 4.92. The molecule has 1 unspecified atom stereocenters. The van der Waals surface area contributed by atoms with Gasteiger partial charge < -0.3 is 10.1 Å². The van der Waals surface area contributed by atoms with Gasteiger partial charge in [0, 0.05) is 17.3 Å². The molecular formula is C10H16N2O2S2. The van der Waals surface area contributed by atoms with Crippen molar-refractivity contribution in [3.8, 4) is 0 Å². The van der Waals surface area contributed by atoms with Gasteiger partial charge in [0.15, 0.2) is 0 Å². The molecule has 0 aliphatic heterocycles. The summed E-state index contributed by atoms with van der Waals surface area (Å²) in [7, 11) is 3.18. The second kappa shape index (κ2) is 6.22. The van der Waals surface area contributed by atoms with Crippen LogP contribution < -0.4 is 5.32 Å². The summed E-state index contributed by atoms with van der Waals surface area (Å²) < 4.78 is 5.80. The normalized spacial score (nSPS) is 14.4. The van der Waals surface area contributed by atoms with Crippen molar-refractivity contribution in [2.24, 2.45) is 0 Å². The number of methoxy groups -OCH3 is 1. The Labute approximate surface area is 104 Å². The minimum atomic E-state index is -0.612. The predicted molar refractivity (Wildman–Crippen MR) is 66.9 cm³/mol. The fourth-order valence-electron chi connectivity index (χ4n) is 1.18. The summed E-state index contributed by atoms with van der Waals surface area (Å²) >= 11 is 3.27. The van der Waals surface area contributed by atoms with Gasteiger partial charge in [0.05, 0.1) is 7.11 Å². The second-order valence-electron chi connectivity index (χ2n) is 3.47. The van der Waals surface area contributed by atoms with E-state index in [-0.39, 0.29) is 5.97 Å². The van der Waals surface area contributed by atoms with Gasteiger partial charge in [0.25, 0.3) is 0 Å². The number of carbonyl (C=O) groups excluding carboxylic acids is 1. The van der Waals surface area contributed by atoms with E-state index in [1.165, 1.54) is 7.11 Å². The number of nitrogens with one attached hydrogen (secondary N) is 1. The van der Waals surface area contributed by atoms with Crippen LogP contribution in [0.5, 0.6) is 0 Å². The van der Waals surface area contributed by atoms with Crippen LogP contribution in [-0.4, -0.2) is 36.4 Å². The highest BCUT2D eigenvalue weighted by Gasteiger charge is 2.31. The summed E-state index contributed by atoms with van der Waals surface area (Å²) in [5, 5.41) is 4.95. The first-order valence-corrected chi connectivity index (χ1v) is 6.78. The van der Waals surface area contributed by atoms with E-state index in [2.05, 4.69) is 10.3 Å². The van der Waals surface area contributed by atoms with Gasteiger partial charge in [-0.25, -0.2) is 4.98 Å². The van der Waals surface area contributed by atoms with Crippen molar-refractivity contribution < 1.29 is 9.53 Å². The van der Waals surface area contributed by atoms with Gasteiger partial charge in [0.2, 0.25) is 0 Å². The Hall–Kier alpha value is -0.590. The summed E-state index contributed by atoms with van der Waals surface area (Å²) in [5.74, 6) is 0.606. The van der Waals surface area contributed by atoms with E-state index in [1.807, 2.05) is 12.3 Å². The zero-order chi connectivity index (χ0) is 12.0. The fourth-order valence-corrected chi connectivity index (χ4v) is 3.05. The Morgan fingerprint density at radius 3 is 3.00 bits per heavy atom. The molecular weight excluding hydrogens is 244 g/mol. The molecule has 1 heterocycles. The van der Waals surface area contributed by atoms with E-state index < -0.39 is 5.54 Å². The average Bonchev–Trinajstić information content (AvgIpc) is 2.80. The molecule has 0 spiro atoms. The minimum absolute atomic E-state index is 0.227. The Kier molecular flexibility index (Phi) is 5.24. The predicted octanol–water partition coefficient (Wildman–Crippen LogP) is 1.78. The van der Waals surface area contributed by atoms with Gasteiger partial charge in [-0.1, -0.05) is 11.8 Å². The van der Waals surface area contributed by atoms with E-state index in [4.69, 9.17) is 4.74 Å². The Morgan fingerprint density at radius 1 is 1.75 bits per heavy atom. The van der Waals surface area contributed by atoms with Crippen molar-refractivity contribution in [3.63, 3.8) is 0 Å². The second-order valence-corrected chi connectivity index (χ2v) is 5.71. The third-order valence-electron chi connectivity index (χ3n) is 2.42. The molecule has 16 heavy (non-hydrogen) atoms. The molecule has 1 atom stereocenters. The molecule has 0 radical (unpaired) electrons. The average molecular weight is 260 g/mol. The fraction of sp³-hybridized carbons (Fsp3) is 0.600. The van der Waals surface area contributed by atoms with Crippen molar-refractivity contribution in [1.82, 2.24) is 10.3 Å². The number of thioether (sulfide) groups is 1. The van der Waals surface area contributed by atoms with E-state index in [9.17, 15) is 4.79 Å². The van der Waals surface area contributed by atoms with Crippen LogP contribution >= 0.6 is 23.1 Å². The van der Waals surface area contributed by atoms with Crippen LogP contribution in [0.15, 0.2) is 15.9 Å². The third-order valence-corrected chi connectivity index (χ3v) is 4.39. The molecule has 90 valence electrons. The van der Waals surface area contributed by atoms with E-state index >= 15 is 0 Å². The van der Waals surface area contributed by atoms with Crippen molar-refractivity contribution in [1.29, 1.82) is 0 Å². The van der Waals surface area contributed by atoms with Gasteiger partial charge in [-0.2, -0.15) is 0 Å². The number of ether oxygens (including phenoxy) is 1. The third kappa shape index (κ3) is 3.47. The quantitative estimate of drug-likeness (QED) is 0.624. The molecule has 0 bridgehead atoms. The largest absolute Gasteiger partial charge is 0.468 e. The van der Waals surface area contributed by atoms with Crippen LogP contribution in [0.3, 0.4) is 0 Å². The first-order chi connectivity index (χ1) is 7.62. The number of aromatic nitrogens is 1. The molecule has 0 aliphatic carbocycles. The SMILES string of the molecule is CNC(C)(CCSc1nccs1)C(=O)OC. The molecule has 1 aromatic heterocycles. The van der Waals surface area contributed by atoms with Gasteiger partial charge in [-0.15, -0.1) is 11.3 Å². The molecule has 0 aromatic carbocycles. The zero-order valence-corrected chi connectivity index (χ0v) is 11.3. The standard InChI is InChI=1S/C10H16N2O2S2/c1-10(11-2,8(13)14-3)4-6-15-9-12-5-7-16-9/h5,7,11H,4,6H2,1-3H3. The molecule has 1 rings (SSSR count). The van der Waals surface area contributed by atoms with Gasteiger partial charge >= 0.3 is 5.97 Å². The van der Waals surface area contributed by atoms with Crippen LogP contribution in [0.25, 0.3) is 0 Å². The molecule has 0 fully saturated rings. The summed E-state index contributed by atoms with van der Waals surface area (Å²) in [6.45, 7) is 1.85. The monoisotopic (exact) mass is 260 g/mol. The van der Waals surface area contributed by atoms with Gasteiger partial charge in [-0.05, 0) is 20.4 Å². The highest BCUT2D eigenvalue weighted by molar-refractivity contribution is 8.00. The highest BCUT2D eigenvalue weighted by Crippen LogP contribution is 2.23. The first kappa shape index (κ1) is 13.5. The molecule has 1 aromatic rings. The Morgan fingerprint density at radius 2 is 2.50 bits per heavy atom. The maximum Gasteiger partial charge on any atom is 0.325 e. The van der Waals surface area contributed by atoms with Crippen LogP contribution in [0.1, 0.15) is 13.3 Å². The molecule has 0 saturated heterocycles. The molecule has 0 saturated carbocycles. The van der Waals surface area contributed by atoms with E-state index in [1.54, 1.807) is 36.3 Å². The van der Waals surface area contributed by atoms with Crippen LogP contribution in [0, 0.1) is 0 Å². The number of carbonyl (C=O) groups is 1. The number of rotatable bonds is 6. The maximum atomic E-state index is 11.6. The maximum absolute atomic E-state index is 11.6. The van der Waals surface area contributed by atoms with Gasteiger partial charge in [-0.3, -0.25) is 4.79 Å². The van der Waals surface area contributed by atoms with Crippen LogP contribution in [0.2, 0.25) is 0 Å². The molecule has 1 N–H and O–H groups in total. The number of hydrogen-bond acceptors (Lipinski definition) is 6. The lowest BCUT2D eigenvalue weighted by atomic mass is 10.00. The lowest BCUT2D eigenvalue weighted by Gasteiger charge is -2.25. The highest BCUT2D eigenvalue weighted by atomic mass is 32.2. The van der Waals surface area contributed by atoms with Crippen molar-refractivity contribution in [3.05, 3.63) is 11.6 Å². The molecule has 6 heteroatoms. The van der Waals surface area contributed by atoms with Crippen molar-refractivity contribution >= 4 is 29.1 Å². The Balaban J connectivity index is 2.42. The molecule has 4 nitrogen and oxygen atoms in total. The number of nitrogens with zero attached hydrogens (tertiary/aromatic N) is 1.